The molecule has 0 aliphatic rings. The van der Waals surface area contributed by atoms with Crippen LogP contribution >= 0.6 is 25.3 Å². The van der Waals surface area contributed by atoms with Crippen molar-refractivity contribution in [3.8, 4) is 0 Å². The lowest BCUT2D eigenvalue weighted by molar-refractivity contribution is 0.294. The lowest BCUT2D eigenvalue weighted by Crippen LogP contribution is -2.42. The molecule has 0 N–H and O–H groups in total. The molecule has 0 aliphatic carbocycles. The standard InChI is InChI=1S/C9H22OS2Si/c1-9(2,3)13(4,5)10-6-8(12)7-11/h8,11-12H,6-7H2,1-5H3. The number of thiol groups is 2. The third kappa shape index (κ3) is 4.77. The highest BCUT2D eigenvalue weighted by molar-refractivity contribution is 7.84. The maximum atomic E-state index is 5.96. The summed E-state index contributed by atoms with van der Waals surface area (Å²) < 4.78 is 5.96. The second kappa shape index (κ2) is 5.10. The Balaban J connectivity index is 4.04. The molecule has 80 valence electrons. The Morgan fingerprint density at radius 2 is 1.77 bits per heavy atom. The van der Waals surface area contributed by atoms with E-state index in [9.17, 15) is 0 Å². The zero-order valence-electron chi connectivity index (χ0n) is 9.29. The number of hydrogen-bond acceptors (Lipinski definition) is 3. The van der Waals surface area contributed by atoms with E-state index in [0.717, 1.165) is 12.4 Å². The van der Waals surface area contributed by atoms with Gasteiger partial charge in [0.2, 0.25) is 0 Å². The van der Waals surface area contributed by atoms with Crippen LogP contribution in [0.3, 0.4) is 0 Å². The first kappa shape index (κ1) is 13.9. The summed E-state index contributed by atoms with van der Waals surface area (Å²) in [4.78, 5) is 0. The average molecular weight is 238 g/mol. The molecular formula is C9H22OS2Si. The van der Waals surface area contributed by atoms with Crippen LogP contribution in [0.15, 0.2) is 0 Å². The van der Waals surface area contributed by atoms with Gasteiger partial charge in [0.25, 0.3) is 0 Å². The van der Waals surface area contributed by atoms with E-state index in [0.29, 0.717) is 0 Å². The Morgan fingerprint density at radius 3 is 2.08 bits per heavy atom. The van der Waals surface area contributed by atoms with Crippen molar-refractivity contribution < 1.29 is 4.43 Å². The topological polar surface area (TPSA) is 9.23 Å². The molecule has 0 aromatic heterocycles. The minimum atomic E-state index is -1.57. The Labute approximate surface area is 94.6 Å². The van der Waals surface area contributed by atoms with E-state index < -0.39 is 8.32 Å². The summed E-state index contributed by atoms with van der Waals surface area (Å²) in [5, 5.41) is 0.550. The molecule has 0 bridgehead atoms. The normalized spacial score (nSPS) is 15.9. The molecule has 4 heteroatoms. The molecule has 1 nitrogen and oxygen atoms in total. The fourth-order valence-electron chi connectivity index (χ4n) is 0.574. The molecule has 0 aromatic carbocycles. The lowest BCUT2D eigenvalue weighted by Gasteiger charge is -2.36. The largest absolute Gasteiger partial charge is 0.416 e. The molecule has 0 saturated carbocycles. The molecule has 0 aromatic rings. The average Bonchev–Trinajstić information content (AvgIpc) is 1.98. The molecule has 1 unspecified atom stereocenters. The Morgan fingerprint density at radius 1 is 1.31 bits per heavy atom. The summed E-state index contributed by atoms with van der Waals surface area (Å²) in [6.45, 7) is 12.0. The minimum Gasteiger partial charge on any atom is -0.416 e. The summed E-state index contributed by atoms with van der Waals surface area (Å²) in [7, 11) is -1.57. The van der Waals surface area contributed by atoms with Crippen molar-refractivity contribution in [3.05, 3.63) is 0 Å². The first-order valence-corrected chi connectivity index (χ1v) is 8.69. The first-order chi connectivity index (χ1) is 5.70. The summed E-state index contributed by atoms with van der Waals surface area (Å²) >= 11 is 8.54. The first-order valence-electron chi connectivity index (χ1n) is 4.63. The van der Waals surface area contributed by atoms with Crippen LogP contribution in [0.25, 0.3) is 0 Å². The zero-order valence-corrected chi connectivity index (χ0v) is 12.1. The highest BCUT2D eigenvalue weighted by Crippen LogP contribution is 2.36. The molecule has 0 radical (unpaired) electrons. The van der Waals surface area contributed by atoms with Crippen molar-refractivity contribution in [2.24, 2.45) is 0 Å². The Bertz CT molecular complexity index is 154. The van der Waals surface area contributed by atoms with Crippen LogP contribution < -0.4 is 0 Å². The van der Waals surface area contributed by atoms with Gasteiger partial charge in [0, 0.05) is 17.6 Å². The molecule has 0 rings (SSSR count). The van der Waals surface area contributed by atoms with E-state index in [1.165, 1.54) is 0 Å². The van der Waals surface area contributed by atoms with Crippen molar-refractivity contribution in [2.45, 2.75) is 44.2 Å². The highest BCUT2D eigenvalue weighted by atomic mass is 32.1. The van der Waals surface area contributed by atoms with Gasteiger partial charge in [0.15, 0.2) is 8.32 Å². The van der Waals surface area contributed by atoms with Crippen LogP contribution in [-0.2, 0) is 4.43 Å². The van der Waals surface area contributed by atoms with Crippen molar-refractivity contribution >= 4 is 33.6 Å². The number of rotatable bonds is 4. The Hall–Kier alpha value is 0.877. The van der Waals surface area contributed by atoms with E-state index in [1.54, 1.807) is 0 Å². The molecule has 0 spiro atoms. The monoisotopic (exact) mass is 238 g/mol. The molecule has 13 heavy (non-hydrogen) atoms. The van der Waals surface area contributed by atoms with Gasteiger partial charge in [0.05, 0.1) is 0 Å². The fourth-order valence-corrected chi connectivity index (χ4v) is 1.94. The van der Waals surface area contributed by atoms with Crippen molar-refractivity contribution in [1.82, 2.24) is 0 Å². The third-order valence-corrected chi connectivity index (χ3v) is 8.21. The van der Waals surface area contributed by atoms with Crippen molar-refractivity contribution in [3.63, 3.8) is 0 Å². The maximum Gasteiger partial charge on any atom is 0.192 e. The lowest BCUT2D eigenvalue weighted by atomic mass is 10.2. The molecule has 0 aliphatic heterocycles. The maximum absolute atomic E-state index is 5.96. The SMILES string of the molecule is CC(C)(C)[Si](C)(C)OCC(S)CS. The van der Waals surface area contributed by atoms with Gasteiger partial charge in [-0.25, -0.2) is 0 Å². The predicted octanol–water partition coefficient (Wildman–Crippen LogP) is 3.24. The van der Waals surface area contributed by atoms with Gasteiger partial charge in [0.1, 0.15) is 0 Å². The quantitative estimate of drug-likeness (QED) is 0.565. The third-order valence-electron chi connectivity index (χ3n) is 2.65. The van der Waals surface area contributed by atoms with Crippen molar-refractivity contribution in [2.75, 3.05) is 12.4 Å². The van der Waals surface area contributed by atoms with Gasteiger partial charge in [-0.1, -0.05) is 20.8 Å². The molecule has 0 saturated heterocycles. The minimum absolute atomic E-state index is 0.262. The summed E-state index contributed by atoms with van der Waals surface area (Å²) in [5.74, 6) is 0.776. The van der Waals surface area contributed by atoms with E-state index in [4.69, 9.17) is 4.43 Å². The number of hydrogen-bond donors (Lipinski definition) is 2. The molecule has 1 atom stereocenters. The summed E-state index contributed by atoms with van der Waals surface area (Å²) in [6, 6.07) is 0. The summed E-state index contributed by atoms with van der Waals surface area (Å²) in [5.41, 5.74) is 0. The van der Waals surface area contributed by atoms with Crippen molar-refractivity contribution in [1.29, 1.82) is 0 Å². The van der Waals surface area contributed by atoms with E-state index in [-0.39, 0.29) is 10.3 Å². The van der Waals surface area contributed by atoms with Gasteiger partial charge in [-0.2, -0.15) is 25.3 Å². The van der Waals surface area contributed by atoms with Crippen LogP contribution in [-0.4, -0.2) is 25.9 Å². The van der Waals surface area contributed by atoms with Crippen LogP contribution in [0, 0.1) is 0 Å². The van der Waals surface area contributed by atoms with E-state index in [1.807, 2.05) is 0 Å². The zero-order chi connectivity index (χ0) is 10.7. The fraction of sp³-hybridized carbons (Fsp3) is 1.00. The van der Waals surface area contributed by atoms with E-state index in [2.05, 4.69) is 59.1 Å². The second-order valence-corrected chi connectivity index (χ2v) is 10.8. The van der Waals surface area contributed by atoms with Gasteiger partial charge >= 0.3 is 0 Å². The smallest absolute Gasteiger partial charge is 0.192 e. The van der Waals surface area contributed by atoms with Gasteiger partial charge in [-0.05, 0) is 18.1 Å². The van der Waals surface area contributed by atoms with Crippen LogP contribution in [0.4, 0.5) is 0 Å². The summed E-state index contributed by atoms with van der Waals surface area (Å²) in [6.07, 6.45) is 0. The highest BCUT2D eigenvalue weighted by Gasteiger charge is 2.37. The Kier molecular flexibility index (Phi) is 5.44. The van der Waals surface area contributed by atoms with E-state index >= 15 is 0 Å². The van der Waals surface area contributed by atoms with Crippen LogP contribution in [0.1, 0.15) is 20.8 Å². The van der Waals surface area contributed by atoms with Gasteiger partial charge in [-0.15, -0.1) is 0 Å². The predicted molar refractivity (Wildman–Crippen MR) is 69.8 cm³/mol. The van der Waals surface area contributed by atoms with Gasteiger partial charge < -0.3 is 4.43 Å². The molecular weight excluding hydrogens is 216 g/mol. The van der Waals surface area contributed by atoms with Crippen LogP contribution in [0.5, 0.6) is 0 Å². The molecule has 0 fully saturated rings. The molecule has 0 heterocycles. The molecule has 0 amide bonds. The second-order valence-electron chi connectivity index (χ2n) is 4.91. The van der Waals surface area contributed by atoms with Crippen LogP contribution in [0.2, 0.25) is 18.1 Å². The van der Waals surface area contributed by atoms with Gasteiger partial charge in [-0.3, -0.25) is 0 Å².